The lowest BCUT2D eigenvalue weighted by atomic mass is 10.1. The second-order valence-electron chi connectivity index (χ2n) is 6.32. The summed E-state index contributed by atoms with van der Waals surface area (Å²) < 4.78 is 11.2. The van der Waals surface area contributed by atoms with E-state index in [2.05, 4.69) is 10.3 Å². The van der Waals surface area contributed by atoms with E-state index >= 15 is 0 Å². The number of rotatable bonds is 3. The number of carbonyl (C=O) groups is 1. The van der Waals surface area contributed by atoms with Crippen molar-refractivity contribution in [2.45, 2.75) is 13.8 Å². The first-order valence-corrected chi connectivity index (χ1v) is 8.80. The van der Waals surface area contributed by atoms with E-state index in [0.717, 1.165) is 27.5 Å². The number of benzene rings is 2. The predicted octanol–water partition coefficient (Wildman–Crippen LogP) is 5.51. The highest BCUT2D eigenvalue weighted by atomic mass is 35.5. The summed E-state index contributed by atoms with van der Waals surface area (Å²) in [5, 5.41) is 5.10. The van der Waals surface area contributed by atoms with Crippen LogP contribution in [0.5, 0.6) is 5.75 Å². The molecule has 0 fully saturated rings. The Hall–Kier alpha value is -3.05. The van der Waals surface area contributed by atoms with Crippen molar-refractivity contribution in [2.75, 3.05) is 12.4 Å². The molecule has 1 N–H and O–H groups in total. The fourth-order valence-electron chi connectivity index (χ4n) is 3.09. The number of aryl methyl sites for hydroxylation is 2. The molecular weight excluding hydrogens is 364 g/mol. The van der Waals surface area contributed by atoms with Gasteiger partial charge in [-0.1, -0.05) is 23.7 Å². The lowest BCUT2D eigenvalue weighted by Crippen LogP contribution is -2.12. The van der Waals surface area contributed by atoms with Crippen molar-refractivity contribution in [1.82, 2.24) is 4.98 Å². The number of ether oxygens (including phenoxy) is 1. The Kier molecular flexibility index (Phi) is 4.24. The summed E-state index contributed by atoms with van der Waals surface area (Å²) in [6.45, 7) is 3.76. The largest absolute Gasteiger partial charge is 0.495 e. The van der Waals surface area contributed by atoms with E-state index in [9.17, 15) is 4.79 Å². The quantitative estimate of drug-likeness (QED) is 0.508. The molecule has 4 rings (SSSR count). The number of nitrogens with one attached hydrogen (secondary N) is 1. The van der Waals surface area contributed by atoms with Crippen LogP contribution in [0.4, 0.5) is 5.69 Å². The highest BCUT2D eigenvalue weighted by molar-refractivity contribution is 6.31. The van der Waals surface area contributed by atoms with Crippen LogP contribution in [-0.4, -0.2) is 18.0 Å². The first kappa shape index (κ1) is 17.4. The molecule has 27 heavy (non-hydrogen) atoms. The van der Waals surface area contributed by atoms with Gasteiger partial charge in [0.15, 0.2) is 5.76 Å². The van der Waals surface area contributed by atoms with E-state index in [-0.39, 0.29) is 11.7 Å². The normalized spacial score (nSPS) is 11.1. The van der Waals surface area contributed by atoms with Gasteiger partial charge < -0.3 is 14.5 Å². The standard InChI is InChI=1S/C21H17ClN2O3/c1-11-8-17(18(26-3)10-15(11)22)24-21(25)19-9-14-12(2)23-16-7-5-4-6-13(16)20(14)27-19/h4-10H,1-3H3,(H,24,25). The minimum Gasteiger partial charge on any atom is -0.495 e. The average Bonchev–Trinajstić information content (AvgIpc) is 3.11. The van der Waals surface area contributed by atoms with Crippen LogP contribution in [-0.2, 0) is 0 Å². The zero-order chi connectivity index (χ0) is 19.1. The molecule has 0 aliphatic heterocycles. The summed E-state index contributed by atoms with van der Waals surface area (Å²) in [4.78, 5) is 17.4. The van der Waals surface area contributed by atoms with Gasteiger partial charge in [0.25, 0.3) is 5.91 Å². The molecule has 0 aliphatic rings. The Morgan fingerprint density at radius 1 is 1.15 bits per heavy atom. The Morgan fingerprint density at radius 3 is 2.70 bits per heavy atom. The molecule has 0 bridgehead atoms. The number of carbonyl (C=O) groups excluding carboxylic acids is 1. The van der Waals surface area contributed by atoms with Crippen molar-refractivity contribution in [1.29, 1.82) is 0 Å². The monoisotopic (exact) mass is 380 g/mol. The number of halogens is 1. The highest BCUT2D eigenvalue weighted by Gasteiger charge is 2.18. The smallest absolute Gasteiger partial charge is 0.291 e. The fraction of sp³-hybridized carbons (Fsp3) is 0.143. The van der Waals surface area contributed by atoms with E-state index in [0.29, 0.717) is 22.0 Å². The molecular formula is C21H17ClN2O3. The zero-order valence-electron chi connectivity index (χ0n) is 15.1. The molecule has 0 saturated carbocycles. The van der Waals surface area contributed by atoms with Crippen molar-refractivity contribution >= 4 is 45.1 Å². The van der Waals surface area contributed by atoms with Crippen LogP contribution in [0.2, 0.25) is 5.02 Å². The number of furan rings is 1. The Balaban J connectivity index is 1.77. The first-order valence-electron chi connectivity index (χ1n) is 8.42. The Labute approximate surface area is 160 Å². The molecule has 0 unspecified atom stereocenters. The zero-order valence-corrected chi connectivity index (χ0v) is 15.8. The van der Waals surface area contributed by atoms with Gasteiger partial charge in [-0.3, -0.25) is 9.78 Å². The van der Waals surface area contributed by atoms with E-state index in [4.69, 9.17) is 20.8 Å². The van der Waals surface area contributed by atoms with Crippen LogP contribution in [0.15, 0.2) is 46.9 Å². The molecule has 2 aromatic heterocycles. The number of anilines is 1. The summed E-state index contributed by atoms with van der Waals surface area (Å²) in [6.07, 6.45) is 0. The van der Waals surface area contributed by atoms with Gasteiger partial charge in [0.05, 0.1) is 18.3 Å². The molecule has 2 heterocycles. The molecule has 136 valence electrons. The number of fused-ring (bicyclic) bond motifs is 3. The van der Waals surface area contributed by atoms with Gasteiger partial charge in [0, 0.05) is 27.6 Å². The van der Waals surface area contributed by atoms with Gasteiger partial charge >= 0.3 is 0 Å². The third-order valence-corrected chi connectivity index (χ3v) is 4.92. The SMILES string of the molecule is COc1cc(Cl)c(C)cc1NC(=O)c1cc2c(C)nc3ccccc3c2o1. The van der Waals surface area contributed by atoms with Crippen LogP contribution < -0.4 is 10.1 Å². The second-order valence-corrected chi connectivity index (χ2v) is 6.73. The molecule has 0 atom stereocenters. The van der Waals surface area contributed by atoms with Crippen molar-refractivity contribution in [3.05, 3.63) is 64.5 Å². The summed E-state index contributed by atoms with van der Waals surface area (Å²) in [5.41, 5.74) is 3.67. The highest BCUT2D eigenvalue weighted by Crippen LogP contribution is 2.33. The fourth-order valence-corrected chi connectivity index (χ4v) is 3.24. The Bertz CT molecular complexity index is 1200. The molecule has 0 aliphatic carbocycles. The topological polar surface area (TPSA) is 64.4 Å². The van der Waals surface area contributed by atoms with Crippen LogP contribution >= 0.6 is 11.6 Å². The van der Waals surface area contributed by atoms with Crippen LogP contribution in [0.25, 0.3) is 21.9 Å². The van der Waals surface area contributed by atoms with Crippen molar-refractivity contribution in [3.63, 3.8) is 0 Å². The maximum atomic E-state index is 12.8. The van der Waals surface area contributed by atoms with Crippen LogP contribution in [0, 0.1) is 13.8 Å². The van der Waals surface area contributed by atoms with Crippen LogP contribution in [0.1, 0.15) is 21.8 Å². The number of methoxy groups -OCH3 is 1. The average molecular weight is 381 g/mol. The van der Waals surface area contributed by atoms with Gasteiger partial charge in [0.1, 0.15) is 11.3 Å². The lowest BCUT2D eigenvalue weighted by Gasteiger charge is -2.11. The van der Waals surface area contributed by atoms with E-state index in [1.807, 2.05) is 38.1 Å². The van der Waals surface area contributed by atoms with E-state index in [1.54, 1.807) is 18.2 Å². The van der Waals surface area contributed by atoms with Crippen molar-refractivity contribution in [2.24, 2.45) is 0 Å². The molecule has 0 spiro atoms. The van der Waals surface area contributed by atoms with Gasteiger partial charge in [0.2, 0.25) is 0 Å². The maximum absolute atomic E-state index is 12.8. The van der Waals surface area contributed by atoms with Gasteiger partial charge in [-0.25, -0.2) is 0 Å². The van der Waals surface area contributed by atoms with Gasteiger partial charge in [-0.05, 0) is 43.7 Å². The minimum atomic E-state index is -0.366. The maximum Gasteiger partial charge on any atom is 0.291 e. The Morgan fingerprint density at radius 2 is 1.93 bits per heavy atom. The van der Waals surface area contributed by atoms with Crippen molar-refractivity contribution < 1.29 is 13.9 Å². The number of pyridine rings is 1. The lowest BCUT2D eigenvalue weighted by molar-refractivity contribution is 0.0998. The molecule has 0 saturated heterocycles. The predicted molar refractivity (Wildman–Crippen MR) is 107 cm³/mol. The van der Waals surface area contributed by atoms with Crippen LogP contribution in [0.3, 0.4) is 0 Å². The van der Waals surface area contributed by atoms with E-state index < -0.39 is 0 Å². The molecule has 0 radical (unpaired) electrons. The van der Waals surface area contributed by atoms with E-state index in [1.165, 1.54) is 7.11 Å². The first-order chi connectivity index (χ1) is 13.0. The minimum absolute atomic E-state index is 0.209. The molecule has 4 aromatic rings. The number of aromatic nitrogens is 1. The summed E-state index contributed by atoms with van der Waals surface area (Å²) in [7, 11) is 1.53. The van der Waals surface area contributed by atoms with Gasteiger partial charge in [-0.15, -0.1) is 0 Å². The number of hydrogen-bond donors (Lipinski definition) is 1. The molecule has 2 aromatic carbocycles. The summed E-state index contributed by atoms with van der Waals surface area (Å²) in [6, 6.07) is 12.9. The number of para-hydroxylation sites is 1. The number of amides is 1. The van der Waals surface area contributed by atoms with Gasteiger partial charge in [-0.2, -0.15) is 0 Å². The molecule has 5 nitrogen and oxygen atoms in total. The molecule has 1 amide bonds. The number of hydrogen-bond acceptors (Lipinski definition) is 4. The van der Waals surface area contributed by atoms with Crippen molar-refractivity contribution in [3.8, 4) is 5.75 Å². The third kappa shape index (κ3) is 3.00. The number of nitrogens with zero attached hydrogens (tertiary/aromatic N) is 1. The second kappa shape index (κ2) is 6.59. The molecule has 6 heteroatoms. The summed E-state index contributed by atoms with van der Waals surface area (Å²) in [5.74, 6) is 0.328. The third-order valence-electron chi connectivity index (χ3n) is 4.51. The summed E-state index contributed by atoms with van der Waals surface area (Å²) >= 11 is 6.13.